The Bertz CT molecular complexity index is 2400. The summed E-state index contributed by atoms with van der Waals surface area (Å²) in [5.74, 6) is 1.74. The van der Waals surface area contributed by atoms with Crippen molar-refractivity contribution in [1.29, 1.82) is 0 Å². The normalized spacial score (nSPS) is 11.6. The number of hydrogen-bond donors (Lipinski definition) is 0. The van der Waals surface area contributed by atoms with Crippen molar-refractivity contribution in [2.45, 2.75) is 0 Å². The Labute approximate surface area is 246 Å². The van der Waals surface area contributed by atoms with Gasteiger partial charge in [-0.05, 0) is 41.5 Å². The molecule has 0 atom stereocenters. The standard InChI is InChI=1S/C36H25N5O2/c1-40-28-19-18-24(21-29(28)41(2)36(40)42)23-12-8-13-25(20-23)34-37-33(22-10-4-3-5-11-22)38-35(39-34)27-15-9-17-31-32(27)26-14-6-7-16-30(26)43-31/h3-21H,1-2H3. The second kappa shape index (κ2) is 9.63. The molecule has 0 N–H and O–H groups in total. The fourth-order valence-electron chi connectivity index (χ4n) is 5.83. The number of imidazole rings is 1. The van der Waals surface area contributed by atoms with Crippen LogP contribution >= 0.6 is 0 Å². The third-order valence-electron chi connectivity index (χ3n) is 8.04. The molecule has 0 spiro atoms. The Morgan fingerprint density at radius 2 is 1.16 bits per heavy atom. The van der Waals surface area contributed by atoms with Crippen LogP contribution < -0.4 is 5.69 Å². The highest BCUT2D eigenvalue weighted by Gasteiger charge is 2.18. The molecular formula is C36H25N5O2. The molecule has 0 aliphatic rings. The van der Waals surface area contributed by atoms with E-state index in [0.717, 1.165) is 60.8 Å². The molecule has 43 heavy (non-hydrogen) atoms. The lowest BCUT2D eigenvalue weighted by atomic mass is 10.0. The van der Waals surface area contributed by atoms with Gasteiger partial charge in [0.15, 0.2) is 17.5 Å². The highest BCUT2D eigenvalue weighted by Crippen LogP contribution is 2.36. The average Bonchev–Trinajstić information content (AvgIpc) is 3.55. The topological polar surface area (TPSA) is 78.7 Å². The maximum Gasteiger partial charge on any atom is 0.328 e. The third kappa shape index (κ3) is 4.05. The first-order chi connectivity index (χ1) is 21.0. The third-order valence-corrected chi connectivity index (χ3v) is 8.04. The van der Waals surface area contributed by atoms with Gasteiger partial charge < -0.3 is 4.42 Å². The molecule has 3 heterocycles. The van der Waals surface area contributed by atoms with Crippen molar-refractivity contribution in [3.8, 4) is 45.3 Å². The van der Waals surface area contributed by atoms with Crippen molar-refractivity contribution in [3.05, 3.63) is 126 Å². The first kappa shape index (κ1) is 24.9. The molecule has 0 saturated heterocycles. The number of furan rings is 1. The number of aryl methyl sites for hydroxylation is 2. The maximum atomic E-state index is 12.5. The first-order valence-electron chi connectivity index (χ1n) is 14.0. The fraction of sp³-hybridized carbons (Fsp3) is 0.0556. The van der Waals surface area contributed by atoms with Crippen LogP contribution in [0.2, 0.25) is 0 Å². The quantitative estimate of drug-likeness (QED) is 0.222. The Hall–Kier alpha value is -5.82. The van der Waals surface area contributed by atoms with E-state index in [4.69, 9.17) is 19.4 Å². The van der Waals surface area contributed by atoms with Gasteiger partial charge in [0.2, 0.25) is 0 Å². The van der Waals surface area contributed by atoms with Gasteiger partial charge in [0.05, 0.1) is 11.0 Å². The first-order valence-corrected chi connectivity index (χ1v) is 14.0. The SMILES string of the molecule is Cn1c(=O)n(C)c2cc(-c3cccc(-c4nc(-c5ccccc5)nc(-c5cccc6oc7ccccc7c56)n4)c3)ccc21. The number of para-hydroxylation sites is 1. The van der Waals surface area contributed by atoms with Gasteiger partial charge in [0.1, 0.15) is 11.2 Å². The van der Waals surface area contributed by atoms with E-state index in [1.165, 1.54) is 0 Å². The predicted octanol–water partition coefficient (Wildman–Crippen LogP) is 7.63. The summed E-state index contributed by atoms with van der Waals surface area (Å²) >= 11 is 0. The molecule has 0 fully saturated rings. The summed E-state index contributed by atoms with van der Waals surface area (Å²) < 4.78 is 9.50. The Kier molecular flexibility index (Phi) is 5.59. The summed E-state index contributed by atoms with van der Waals surface area (Å²) in [5, 5.41) is 1.99. The van der Waals surface area contributed by atoms with E-state index in [9.17, 15) is 4.79 Å². The molecule has 3 aromatic heterocycles. The summed E-state index contributed by atoms with van der Waals surface area (Å²) in [4.78, 5) is 27.5. The highest BCUT2D eigenvalue weighted by atomic mass is 16.3. The number of nitrogens with zero attached hydrogens (tertiary/aromatic N) is 5. The van der Waals surface area contributed by atoms with Gasteiger partial charge in [-0.2, -0.15) is 0 Å². The molecule has 0 amide bonds. The lowest BCUT2D eigenvalue weighted by Gasteiger charge is -2.10. The maximum absolute atomic E-state index is 12.5. The van der Waals surface area contributed by atoms with E-state index < -0.39 is 0 Å². The minimum Gasteiger partial charge on any atom is -0.456 e. The molecule has 7 nitrogen and oxygen atoms in total. The number of fused-ring (bicyclic) bond motifs is 4. The van der Waals surface area contributed by atoms with E-state index >= 15 is 0 Å². The second-order valence-electron chi connectivity index (χ2n) is 10.6. The van der Waals surface area contributed by atoms with Crippen molar-refractivity contribution in [2.24, 2.45) is 14.1 Å². The molecular weight excluding hydrogens is 534 g/mol. The Morgan fingerprint density at radius 1 is 0.535 bits per heavy atom. The van der Waals surface area contributed by atoms with Crippen molar-refractivity contribution < 1.29 is 4.42 Å². The second-order valence-corrected chi connectivity index (χ2v) is 10.6. The van der Waals surface area contributed by atoms with Gasteiger partial charge >= 0.3 is 5.69 Å². The van der Waals surface area contributed by atoms with Crippen LogP contribution in [0.3, 0.4) is 0 Å². The van der Waals surface area contributed by atoms with Gasteiger partial charge in [-0.3, -0.25) is 9.13 Å². The van der Waals surface area contributed by atoms with Gasteiger partial charge in [-0.25, -0.2) is 19.7 Å². The lowest BCUT2D eigenvalue weighted by Crippen LogP contribution is -2.19. The zero-order chi connectivity index (χ0) is 29.1. The molecule has 8 rings (SSSR count). The molecule has 7 heteroatoms. The van der Waals surface area contributed by atoms with Crippen LogP contribution in [-0.4, -0.2) is 24.1 Å². The summed E-state index contributed by atoms with van der Waals surface area (Å²) in [6.45, 7) is 0. The lowest BCUT2D eigenvalue weighted by molar-refractivity contribution is 0.669. The van der Waals surface area contributed by atoms with Crippen LogP contribution in [0.25, 0.3) is 78.3 Å². The fourth-order valence-corrected chi connectivity index (χ4v) is 5.83. The summed E-state index contributed by atoms with van der Waals surface area (Å²) in [6, 6.07) is 38.2. The molecule has 0 bridgehead atoms. The van der Waals surface area contributed by atoms with E-state index in [1.54, 1.807) is 23.2 Å². The van der Waals surface area contributed by atoms with Crippen LogP contribution in [0.4, 0.5) is 0 Å². The van der Waals surface area contributed by atoms with Crippen LogP contribution in [0.15, 0.2) is 124 Å². The zero-order valence-electron chi connectivity index (χ0n) is 23.5. The monoisotopic (exact) mass is 559 g/mol. The molecule has 0 saturated carbocycles. The van der Waals surface area contributed by atoms with Gasteiger partial charge in [-0.15, -0.1) is 0 Å². The van der Waals surface area contributed by atoms with Crippen LogP contribution in [0, 0.1) is 0 Å². The summed E-state index contributed by atoms with van der Waals surface area (Å²) in [5.41, 5.74) is 7.99. The van der Waals surface area contributed by atoms with E-state index in [-0.39, 0.29) is 5.69 Å². The number of benzene rings is 5. The molecule has 0 unspecified atom stereocenters. The zero-order valence-corrected chi connectivity index (χ0v) is 23.5. The Balaban J connectivity index is 1.32. The molecule has 8 aromatic rings. The van der Waals surface area contributed by atoms with Crippen molar-refractivity contribution >= 4 is 33.0 Å². The average molecular weight is 560 g/mol. The van der Waals surface area contributed by atoms with E-state index in [1.807, 2.05) is 91.0 Å². The Morgan fingerprint density at radius 3 is 2.02 bits per heavy atom. The minimum atomic E-state index is -0.0486. The van der Waals surface area contributed by atoms with Crippen LogP contribution in [0.5, 0.6) is 0 Å². The van der Waals surface area contributed by atoms with Gasteiger partial charge in [-0.1, -0.05) is 84.9 Å². The van der Waals surface area contributed by atoms with E-state index in [0.29, 0.717) is 17.5 Å². The van der Waals surface area contributed by atoms with Gasteiger partial charge in [0.25, 0.3) is 0 Å². The molecule has 0 aliphatic carbocycles. The predicted molar refractivity (Wildman–Crippen MR) is 171 cm³/mol. The number of rotatable bonds is 4. The number of hydrogen-bond acceptors (Lipinski definition) is 5. The molecule has 0 aliphatic heterocycles. The number of aromatic nitrogens is 5. The minimum absolute atomic E-state index is 0.0486. The largest absolute Gasteiger partial charge is 0.456 e. The highest BCUT2D eigenvalue weighted by molar-refractivity contribution is 6.11. The van der Waals surface area contributed by atoms with Crippen molar-refractivity contribution in [2.75, 3.05) is 0 Å². The van der Waals surface area contributed by atoms with Crippen molar-refractivity contribution in [1.82, 2.24) is 24.1 Å². The van der Waals surface area contributed by atoms with Gasteiger partial charge in [0, 0.05) is 41.6 Å². The molecule has 206 valence electrons. The molecule has 0 radical (unpaired) electrons. The van der Waals surface area contributed by atoms with Crippen LogP contribution in [0.1, 0.15) is 0 Å². The summed E-state index contributed by atoms with van der Waals surface area (Å²) in [6.07, 6.45) is 0. The van der Waals surface area contributed by atoms with E-state index in [2.05, 4.69) is 24.3 Å². The molecule has 5 aromatic carbocycles. The smallest absolute Gasteiger partial charge is 0.328 e. The van der Waals surface area contributed by atoms with Crippen LogP contribution in [-0.2, 0) is 14.1 Å². The van der Waals surface area contributed by atoms with Crippen molar-refractivity contribution in [3.63, 3.8) is 0 Å². The summed E-state index contributed by atoms with van der Waals surface area (Å²) in [7, 11) is 3.59.